The van der Waals surface area contributed by atoms with Crippen LogP contribution in [0.4, 0.5) is 5.69 Å². The first-order valence-electron chi connectivity index (χ1n) is 7.05. The highest BCUT2D eigenvalue weighted by molar-refractivity contribution is 9.10. The minimum absolute atomic E-state index is 0.0822. The summed E-state index contributed by atoms with van der Waals surface area (Å²) in [5.74, 6) is -0.184. The van der Waals surface area contributed by atoms with Crippen LogP contribution in [-0.2, 0) is 14.8 Å². The van der Waals surface area contributed by atoms with E-state index >= 15 is 0 Å². The van der Waals surface area contributed by atoms with Gasteiger partial charge in [0.25, 0.3) is 10.0 Å². The van der Waals surface area contributed by atoms with Crippen molar-refractivity contribution in [1.82, 2.24) is 0 Å². The highest BCUT2D eigenvalue weighted by Gasteiger charge is 2.37. The van der Waals surface area contributed by atoms with Crippen LogP contribution in [0.3, 0.4) is 0 Å². The fourth-order valence-corrected chi connectivity index (χ4v) is 4.60. The third-order valence-electron chi connectivity index (χ3n) is 3.37. The first-order chi connectivity index (χ1) is 11.4. The Morgan fingerprint density at radius 1 is 1.08 bits per heavy atom. The maximum Gasteiger partial charge on any atom is 0.284 e. The van der Waals surface area contributed by atoms with Crippen LogP contribution in [0.15, 0.2) is 68.4 Å². The molecule has 8 heteroatoms. The summed E-state index contributed by atoms with van der Waals surface area (Å²) in [6.45, 7) is 1.73. The molecule has 3 rings (SSSR count). The van der Waals surface area contributed by atoms with Gasteiger partial charge >= 0.3 is 0 Å². The van der Waals surface area contributed by atoms with Gasteiger partial charge in [-0.3, -0.25) is 9.69 Å². The number of para-hydroxylation sites is 1. The lowest BCUT2D eigenvalue weighted by Gasteiger charge is -2.15. The number of amidine groups is 1. The van der Waals surface area contributed by atoms with E-state index < -0.39 is 10.0 Å². The second kappa shape index (κ2) is 6.70. The molecule has 1 aliphatic heterocycles. The van der Waals surface area contributed by atoms with Crippen molar-refractivity contribution < 1.29 is 13.2 Å². The second-order valence-corrected chi connectivity index (χ2v) is 8.90. The molecule has 0 aromatic heterocycles. The van der Waals surface area contributed by atoms with E-state index in [2.05, 4.69) is 20.3 Å². The zero-order valence-corrected chi connectivity index (χ0v) is 15.8. The molecule has 24 heavy (non-hydrogen) atoms. The molecule has 2 aromatic rings. The smallest absolute Gasteiger partial charge is 0.273 e. The first kappa shape index (κ1) is 17.2. The SMILES string of the molecule is CC1SC(=NS(=O)(=O)c2ccc(Br)cc2)N(c2ccccc2)C1=O. The van der Waals surface area contributed by atoms with E-state index in [1.54, 1.807) is 43.3 Å². The van der Waals surface area contributed by atoms with Crippen molar-refractivity contribution in [2.75, 3.05) is 4.90 Å². The number of nitrogens with zero attached hydrogens (tertiary/aromatic N) is 2. The van der Waals surface area contributed by atoms with Crippen molar-refractivity contribution in [3.63, 3.8) is 0 Å². The van der Waals surface area contributed by atoms with Crippen LogP contribution >= 0.6 is 27.7 Å². The van der Waals surface area contributed by atoms with E-state index in [1.165, 1.54) is 17.0 Å². The average molecular weight is 425 g/mol. The molecule has 1 aliphatic rings. The summed E-state index contributed by atoms with van der Waals surface area (Å²) in [4.78, 5) is 13.8. The highest BCUT2D eigenvalue weighted by Crippen LogP contribution is 2.32. The molecule has 5 nitrogen and oxygen atoms in total. The maximum absolute atomic E-state index is 12.5. The van der Waals surface area contributed by atoms with E-state index in [1.807, 2.05) is 6.07 Å². The number of amides is 1. The molecule has 2 aromatic carbocycles. The molecule has 1 unspecified atom stereocenters. The molecule has 0 radical (unpaired) electrons. The fraction of sp³-hybridized carbons (Fsp3) is 0.125. The van der Waals surface area contributed by atoms with Crippen molar-refractivity contribution in [3.05, 3.63) is 59.1 Å². The molecule has 1 amide bonds. The number of hydrogen-bond acceptors (Lipinski definition) is 4. The summed E-state index contributed by atoms with van der Waals surface area (Å²) >= 11 is 4.41. The van der Waals surface area contributed by atoms with Crippen LogP contribution in [0.2, 0.25) is 0 Å². The van der Waals surface area contributed by atoms with Gasteiger partial charge in [0.05, 0.1) is 15.8 Å². The number of halogens is 1. The third kappa shape index (κ3) is 3.40. The van der Waals surface area contributed by atoms with Gasteiger partial charge in [0.2, 0.25) is 5.91 Å². The summed E-state index contributed by atoms with van der Waals surface area (Å²) < 4.78 is 29.8. The number of anilines is 1. The predicted molar refractivity (Wildman–Crippen MR) is 99.7 cm³/mol. The molecule has 0 N–H and O–H groups in total. The number of hydrogen-bond donors (Lipinski definition) is 0. The van der Waals surface area contributed by atoms with Crippen molar-refractivity contribution in [1.29, 1.82) is 0 Å². The van der Waals surface area contributed by atoms with E-state index in [-0.39, 0.29) is 21.2 Å². The van der Waals surface area contributed by atoms with E-state index in [0.717, 1.165) is 16.2 Å². The largest absolute Gasteiger partial charge is 0.284 e. The van der Waals surface area contributed by atoms with Gasteiger partial charge in [-0.15, -0.1) is 4.40 Å². The molecule has 0 bridgehead atoms. The number of carbonyl (C=O) groups excluding carboxylic acids is 1. The molecule has 0 spiro atoms. The van der Waals surface area contributed by atoms with Crippen molar-refractivity contribution in [3.8, 4) is 0 Å². The Hall–Kier alpha value is -1.64. The van der Waals surface area contributed by atoms with Crippen LogP contribution in [0, 0.1) is 0 Å². The zero-order chi connectivity index (χ0) is 17.3. The molecular formula is C16H13BrN2O3S2. The van der Waals surface area contributed by atoms with Gasteiger partial charge in [-0.05, 0) is 43.3 Å². The maximum atomic E-state index is 12.5. The Bertz CT molecular complexity index is 897. The number of rotatable bonds is 3. The molecule has 1 fully saturated rings. The normalized spacial score (nSPS) is 19.9. The Kier molecular flexibility index (Phi) is 4.80. The summed E-state index contributed by atoms with van der Waals surface area (Å²) in [5.41, 5.74) is 0.601. The summed E-state index contributed by atoms with van der Waals surface area (Å²) in [6.07, 6.45) is 0. The van der Waals surface area contributed by atoms with Crippen LogP contribution in [0.25, 0.3) is 0 Å². The molecule has 1 saturated heterocycles. The minimum Gasteiger partial charge on any atom is -0.273 e. The topological polar surface area (TPSA) is 66.8 Å². The average Bonchev–Trinajstić information content (AvgIpc) is 2.82. The van der Waals surface area contributed by atoms with Crippen LogP contribution in [-0.4, -0.2) is 24.7 Å². The molecule has 1 heterocycles. The Morgan fingerprint density at radius 3 is 2.33 bits per heavy atom. The summed E-state index contributed by atoms with van der Waals surface area (Å²) in [7, 11) is -3.90. The first-order valence-corrected chi connectivity index (χ1v) is 10.2. The second-order valence-electron chi connectivity index (χ2n) is 5.07. The lowest BCUT2D eigenvalue weighted by molar-refractivity contribution is -0.116. The quantitative estimate of drug-likeness (QED) is 0.753. The van der Waals surface area contributed by atoms with Crippen molar-refractivity contribution >= 4 is 54.5 Å². The molecule has 0 aliphatic carbocycles. The highest BCUT2D eigenvalue weighted by atomic mass is 79.9. The van der Waals surface area contributed by atoms with Gasteiger partial charge in [-0.25, -0.2) is 0 Å². The Labute approximate surface area is 153 Å². The lowest BCUT2D eigenvalue weighted by Crippen LogP contribution is -2.31. The van der Waals surface area contributed by atoms with Crippen LogP contribution in [0.1, 0.15) is 6.92 Å². The predicted octanol–water partition coefficient (Wildman–Crippen LogP) is 3.66. The van der Waals surface area contributed by atoms with E-state index in [9.17, 15) is 13.2 Å². The fourth-order valence-electron chi connectivity index (χ4n) is 2.18. The lowest BCUT2D eigenvalue weighted by atomic mass is 10.3. The number of carbonyl (C=O) groups is 1. The number of thioether (sulfide) groups is 1. The van der Waals surface area contributed by atoms with Gasteiger partial charge in [0.15, 0.2) is 5.17 Å². The standard InChI is InChI=1S/C16H13BrN2O3S2/c1-11-15(20)19(13-5-3-2-4-6-13)16(23-11)18-24(21,22)14-9-7-12(17)8-10-14/h2-11H,1H3. The Morgan fingerprint density at radius 2 is 1.71 bits per heavy atom. The molecule has 1 atom stereocenters. The zero-order valence-electron chi connectivity index (χ0n) is 12.6. The van der Waals surface area contributed by atoms with Crippen molar-refractivity contribution in [2.45, 2.75) is 17.1 Å². The van der Waals surface area contributed by atoms with Crippen LogP contribution < -0.4 is 4.90 Å². The van der Waals surface area contributed by atoms with Gasteiger partial charge in [-0.2, -0.15) is 8.42 Å². The van der Waals surface area contributed by atoms with E-state index in [4.69, 9.17) is 0 Å². The van der Waals surface area contributed by atoms with Gasteiger partial charge in [0.1, 0.15) is 0 Å². The number of sulfonamides is 1. The third-order valence-corrected chi connectivity index (χ3v) is 6.33. The molecular weight excluding hydrogens is 412 g/mol. The monoisotopic (exact) mass is 424 g/mol. The summed E-state index contributed by atoms with van der Waals surface area (Å²) in [5, 5.41) is -0.217. The molecule has 124 valence electrons. The van der Waals surface area contributed by atoms with Crippen molar-refractivity contribution in [2.24, 2.45) is 4.40 Å². The van der Waals surface area contributed by atoms with E-state index in [0.29, 0.717) is 5.69 Å². The summed E-state index contributed by atoms with van der Waals surface area (Å²) in [6, 6.07) is 15.1. The Balaban J connectivity index is 2.04. The minimum atomic E-state index is -3.90. The number of benzene rings is 2. The van der Waals surface area contributed by atoms with Crippen LogP contribution in [0.5, 0.6) is 0 Å². The van der Waals surface area contributed by atoms with Gasteiger partial charge in [0, 0.05) is 4.47 Å². The van der Waals surface area contributed by atoms with Gasteiger partial charge in [-0.1, -0.05) is 45.9 Å². The molecule has 0 saturated carbocycles. The van der Waals surface area contributed by atoms with Gasteiger partial charge < -0.3 is 0 Å².